The Bertz CT molecular complexity index is 1030. The number of nitrogens with one attached hydrogen (secondary N) is 4. The Kier molecular flexibility index (Phi) is 6.10. The molecule has 8 nitrogen and oxygen atoms in total. The van der Waals surface area contributed by atoms with Crippen LogP contribution < -0.4 is 16.0 Å². The molecule has 2 aromatic heterocycles. The SMILES string of the molecule is O=C(NCCC1CNCCO1)c1cc2c(NC(=O)c3ccccc3Cl)n[nH]c2s1. The van der Waals surface area contributed by atoms with E-state index in [9.17, 15) is 9.59 Å². The highest BCUT2D eigenvalue weighted by atomic mass is 35.5. The Morgan fingerprint density at radius 3 is 2.97 bits per heavy atom. The third kappa shape index (κ3) is 4.59. The number of H-pyrrole nitrogens is 1. The summed E-state index contributed by atoms with van der Waals surface area (Å²) in [5.74, 6) is -0.157. The van der Waals surface area contributed by atoms with Gasteiger partial charge in [0, 0.05) is 19.6 Å². The molecule has 0 radical (unpaired) electrons. The predicted molar refractivity (Wildman–Crippen MR) is 113 cm³/mol. The molecule has 0 bridgehead atoms. The largest absolute Gasteiger partial charge is 0.376 e. The highest BCUT2D eigenvalue weighted by Crippen LogP contribution is 2.29. The van der Waals surface area contributed by atoms with Crippen molar-refractivity contribution in [2.75, 3.05) is 31.6 Å². The van der Waals surface area contributed by atoms with Gasteiger partial charge in [0.15, 0.2) is 5.82 Å². The first kappa shape index (κ1) is 19.8. The molecule has 0 spiro atoms. The highest BCUT2D eigenvalue weighted by molar-refractivity contribution is 7.20. The third-order valence-corrected chi connectivity index (χ3v) is 5.95. The summed E-state index contributed by atoms with van der Waals surface area (Å²) in [6.07, 6.45) is 0.876. The van der Waals surface area contributed by atoms with Crippen molar-refractivity contribution >= 4 is 50.8 Å². The second kappa shape index (κ2) is 8.91. The monoisotopic (exact) mass is 433 g/mol. The van der Waals surface area contributed by atoms with Crippen molar-refractivity contribution in [3.05, 3.63) is 45.8 Å². The van der Waals surface area contributed by atoms with Crippen LogP contribution in [0.5, 0.6) is 0 Å². The fraction of sp³-hybridized carbons (Fsp3) is 0.316. The van der Waals surface area contributed by atoms with Crippen LogP contribution in [0.2, 0.25) is 5.02 Å². The molecule has 4 N–H and O–H groups in total. The van der Waals surface area contributed by atoms with Gasteiger partial charge in [-0.25, -0.2) is 0 Å². The maximum Gasteiger partial charge on any atom is 0.261 e. The standard InChI is InChI=1S/C19H20ClN5O3S/c20-14-4-2-1-3-12(14)17(26)23-16-13-9-15(29-19(13)25-24-16)18(27)22-6-5-11-10-21-7-8-28-11/h1-4,9,11,21H,5-8,10H2,(H,22,27)(H2,23,24,25,26). The van der Waals surface area contributed by atoms with E-state index in [1.807, 2.05) is 0 Å². The summed E-state index contributed by atoms with van der Waals surface area (Å²) < 4.78 is 5.62. The topological polar surface area (TPSA) is 108 Å². The van der Waals surface area contributed by atoms with Crippen LogP contribution in [0, 0.1) is 0 Å². The summed E-state index contributed by atoms with van der Waals surface area (Å²) in [6.45, 7) is 2.90. The number of hydrogen-bond donors (Lipinski definition) is 4. The number of anilines is 1. The van der Waals surface area contributed by atoms with Crippen LogP contribution in [-0.4, -0.2) is 54.4 Å². The van der Waals surface area contributed by atoms with Gasteiger partial charge in [-0.2, -0.15) is 5.10 Å². The van der Waals surface area contributed by atoms with Crippen LogP contribution in [0.15, 0.2) is 30.3 Å². The zero-order valence-corrected chi connectivity index (χ0v) is 17.0. The third-order valence-electron chi connectivity index (χ3n) is 4.59. The summed E-state index contributed by atoms with van der Waals surface area (Å²) in [4.78, 5) is 26.2. The van der Waals surface area contributed by atoms with Gasteiger partial charge in [-0.15, -0.1) is 11.3 Å². The molecule has 2 amide bonds. The second-order valence-corrected chi connectivity index (χ2v) is 8.06. The van der Waals surface area contributed by atoms with Gasteiger partial charge in [-0.1, -0.05) is 23.7 Å². The number of aromatic amines is 1. The fourth-order valence-corrected chi connectivity index (χ4v) is 4.22. The van der Waals surface area contributed by atoms with E-state index < -0.39 is 0 Å². The van der Waals surface area contributed by atoms with Crippen molar-refractivity contribution < 1.29 is 14.3 Å². The Labute approximate surface area is 176 Å². The summed E-state index contributed by atoms with van der Waals surface area (Å²) >= 11 is 7.36. The number of morpholine rings is 1. The molecule has 1 saturated heterocycles. The molecule has 1 fully saturated rings. The van der Waals surface area contributed by atoms with Gasteiger partial charge in [0.2, 0.25) is 0 Å². The molecule has 10 heteroatoms. The number of carbonyl (C=O) groups is 2. The molecule has 0 aliphatic carbocycles. The van der Waals surface area contributed by atoms with E-state index in [4.69, 9.17) is 16.3 Å². The first-order valence-corrected chi connectivity index (χ1v) is 10.5. The number of nitrogens with zero attached hydrogens (tertiary/aromatic N) is 1. The molecular formula is C19H20ClN5O3S. The van der Waals surface area contributed by atoms with Crippen molar-refractivity contribution in [1.82, 2.24) is 20.8 Å². The maximum absolute atomic E-state index is 12.5. The van der Waals surface area contributed by atoms with E-state index in [-0.39, 0.29) is 17.9 Å². The number of rotatable bonds is 6. The minimum absolute atomic E-state index is 0.123. The summed E-state index contributed by atoms with van der Waals surface area (Å²) in [5, 5.41) is 17.0. The van der Waals surface area contributed by atoms with Crippen LogP contribution in [-0.2, 0) is 4.74 Å². The van der Waals surface area contributed by atoms with E-state index in [1.54, 1.807) is 30.3 Å². The molecule has 152 valence electrons. The number of aromatic nitrogens is 2. The number of ether oxygens (including phenoxy) is 1. The normalized spacial score (nSPS) is 16.7. The molecular weight excluding hydrogens is 414 g/mol. The highest BCUT2D eigenvalue weighted by Gasteiger charge is 2.19. The van der Waals surface area contributed by atoms with Crippen LogP contribution in [0.25, 0.3) is 10.2 Å². The van der Waals surface area contributed by atoms with Crippen molar-refractivity contribution in [1.29, 1.82) is 0 Å². The lowest BCUT2D eigenvalue weighted by atomic mass is 10.2. The fourth-order valence-electron chi connectivity index (χ4n) is 3.08. The number of benzene rings is 1. The zero-order valence-electron chi connectivity index (χ0n) is 15.5. The van der Waals surface area contributed by atoms with E-state index in [2.05, 4.69) is 26.1 Å². The quantitative estimate of drug-likeness (QED) is 0.478. The summed E-state index contributed by atoms with van der Waals surface area (Å²) in [7, 11) is 0. The predicted octanol–water partition coefficient (Wildman–Crippen LogP) is 2.64. The van der Waals surface area contributed by atoms with E-state index in [0.29, 0.717) is 44.6 Å². The smallest absolute Gasteiger partial charge is 0.261 e. The van der Waals surface area contributed by atoms with E-state index in [1.165, 1.54) is 11.3 Å². The molecule has 29 heavy (non-hydrogen) atoms. The van der Waals surface area contributed by atoms with Crippen LogP contribution in [0.4, 0.5) is 5.82 Å². The Morgan fingerprint density at radius 2 is 2.17 bits per heavy atom. The number of amides is 2. The van der Waals surface area contributed by atoms with Crippen molar-refractivity contribution in [3.63, 3.8) is 0 Å². The molecule has 0 saturated carbocycles. The molecule has 1 atom stereocenters. The number of thiophene rings is 1. The maximum atomic E-state index is 12.5. The van der Waals surface area contributed by atoms with Gasteiger partial charge in [-0.05, 0) is 24.6 Å². The van der Waals surface area contributed by atoms with E-state index >= 15 is 0 Å². The van der Waals surface area contributed by atoms with Crippen LogP contribution >= 0.6 is 22.9 Å². The number of fused-ring (bicyclic) bond motifs is 1. The van der Waals surface area contributed by atoms with Gasteiger partial charge in [-0.3, -0.25) is 14.7 Å². The zero-order chi connectivity index (χ0) is 20.2. The number of hydrogen-bond acceptors (Lipinski definition) is 6. The lowest BCUT2D eigenvalue weighted by Crippen LogP contribution is -2.40. The molecule has 1 unspecified atom stereocenters. The molecule has 1 aliphatic heterocycles. The van der Waals surface area contributed by atoms with Gasteiger partial charge in [0.25, 0.3) is 11.8 Å². The average Bonchev–Trinajstić information content (AvgIpc) is 3.31. The molecule has 1 aromatic carbocycles. The van der Waals surface area contributed by atoms with Crippen LogP contribution in [0.1, 0.15) is 26.5 Å². The van der Waals surface area contributed by atoms with Gasteiger partial charge in [0.1, 0.15) is 4.83 Å². The minimum Gasteiger partial charge on any atom is -0.376 e. The van der Waals surface area contributed by atoms with Crippen LogP contribution in [0.3, 0.4) is 0 Å². The summed E-state index contributed by atoms with van der Waals surface area (Å²) in [6, 6.07) is 8.51. The second-order valence-electron chi connectivity index (χ2n) is 6.60. The van der Waals surface area contributed by atoms with Crippen molar-refractivity contribution in [2.24, 2.45) is 0 Å². The number of carbonyl (C=O) groups excluding carboxylic acids is 2. The molecule has 1 aliphatic rings. The lowest BCUT2D eigenvalue weighted by molar-refractivity contribution is 0.0239. The van der Waals surface area contributed by atoms with Gasteiger partial charge >= 0.3 is 0 Å². The van der Waals surface area contributed by atoms with Crippen molar-refractivity contribution in [2.45, 2.75) is 12.5 Å². The Balaban J connectivity index is 1.39. The molecule has 3 heterocycles. The lowest BCUT2D eigenvalue weighted by Gasteiger charge is -2.23. The Hall–Kier alpha value is -2.46. The number of halogens is 1. The van der Waals surface area contributed by atoms with Gasteiger partial charge < -0.3 is 20.7 Å². The first-order valence-electron chi connectivity index (χ1n) is 9.26. The van der Waals surface area contributed by atoms with Gasteiger partial charge in [0.05, 0.1) is 33.6 Å². The minimum atomic E-state index is -0.359. The summed E-state index contributed by atoms with van der Waals surface area (Å²) in [5.41, 5.74) is 0.359. The van der Waals surface area contributed by atoms with Crippen molar-refractivity contribution in [3.8, 4) is 0 Å². The molecule has 3 aromatic rings. The van der Waals surface area contributed by atoms with E-state index in [0.717, 1.165) is 19.5 Å². The average molecular weight is 434 g/mol. The Morgan fingerprint density at radius 1 is 1.31 bits per heavy atom. The first-order chi connectivity index (χ1) is 14.1. The molecule has 4 rings (SSSR count).